The van der Waals surface area contributed by atoms with Crippen molar-refractivity contribution < 1.29 is 4.84 Å². The highest BCUT2D eigenvalue weighted by Gasteiger charge is 2.39. The predicted octanol–water partition coefficient (Wildman–Crippen LogP) is -1.13. The fourth-order valence-corrected chi connectivity index (χ4v) is 1.13. The first-order chi connectivity index (χ1) is 4.84. The molecule has 60 valence electrons. The molecule has 1 rings (SSSR count). The summed E-state index contributed by atoms with van der Waals surface area (Å²) in [5.41, 5.74) is 8.02. The van der Waals surface area contributed by atoms with Crippen molar-refractivity contribution >= 4 is 12.6 Å². The van der Waals surface area contributed by atoms with Crippen LogP contribution in [0.2, 0.25) is 0 Å². The Bertz CT molecular complexity index is 102. The van der Waals surface area contributed by atoms with E-state index in [1.807, 2.05) is 0 Å². The molecule has 1 fully saturated rings. The summed E-state index contributed by atoms with van der Waals surface area (Å²) in [5.74, 6) is 0.710. The van der Waals surface area contributed by atoms with Crippen molar-refractivity contribution in [2.45, 2.75) is 11.7 Å². The summed E-state index contributed by atoms with van der Waals surface area (Å²) in [4.78, 5) is 5.11. The molecule has 0 heterocycles. The number of rotatable bonds is 5. The van der Waals surface area contributed by atoms with E-state index in [-0.39, 0.29) is 0 Å². The van der Waals surface area contributed by atoms with Gasteiger partial charge in [-0.25, -0.2) is 5.48 Å². The summed E-state index contributed by atoms with van der Waals surface area (Å²) < 4.78 is 0. The molecule has 3 nitrogen and oxygen atoms in total. The van der Waals surface area contributed by atoms with E-state index in [9.17, 15) is 0 Å². The van der Waals surface area contributed by atoms with Crippen molar-refractivity contribution in [1.29, 1.82) is 0 Å². The maximum Gasteiger partial charge on any atom is 0.119 e. The molecule has 1 saturated carbocycles. The van der Waals surface area contributed by atoms with Crippen molar-refractivity contribution in [2.24, 2.45) is 11.7 Å². The van der Waals surface area contributed by atoms with Gasteiger partial charge >= 0.3 is 0 Å². The van der Waals surface area contributed by atoms with Crippen LogP contribution in [0.3, 0.4) is 0 Å². The summed E-state index contributed by atoms with van der Waals surface area (Å²) in [6, 6.07) is 0. The van der Waals surface area contributed by atoms with Crippen LogP contribution in [0.4, 0.5) is 0 Å². The molecular weight excluding hydrogens is 148 g/mol. The molecule has 3 N–H and O–H groups in total. The first kappa shape index (κ1) is 8.33. The molecule has 4 heteroatoms. The van der Waals surface area contributed by atoms with Gasteiger partial charge in [0.05, 0.1) is 6.61 Å². The molecule has 0 amide bonds. The highest BCUT2D eigenvalue weighted by molar-refractivity contribution is 7.59. The molecule has 2 unspecified atom stereocenters. The van der Waals surface area contributed by atoms with Gasteiger partial charge in [0.15, 0.2) is 0 Å². The molecule has 0 spiro atoms. The maximum absolute atomic E-state index is 5.24. The third-order valence-corrected chi connectivity index (χ3v) is 2.28. The van der Waals surface area contributed by atoms with E-state index in [2.05, 4.69) is 18.1 Å². The Morgan fingerprint density at radius 1 is 1.70 bits per heavy atom. The average molecular weight is 163 g/mol. The van der Waals surface area contributed by atoms with Crippen molar-refractivity contribution in [2.75, 3.05) is 19.7 Å². The third-order valence-electron chi connectivity index (χ3n) is 1.57. The standard InChI is InChI=1S/C6H14N2OS/c7-1-2-8-9-4-5-3-6(5)10/h5-6,8,10H,1-4,7H2/p+1. The lowest BCUT2D eigenvalue weighted by atomic mass is 10.5. The van der Waals surface area contributed by atoms with Gasteiger partial charge in [-0.3, -0.25) is 0 Å². The largest absolute Gasteiger partial charge is 0.329 e. The molecule has 0 aliphatic heterocycles. The van der Waals surface area contributed by atoms with E-state index in [1.165, 1.54) is 6.42 Å². The molecule has 0 aromatic rings. The lowest BCUT2D eigenvalue weighted by Crippen LogP contribution is -2.23. The molecule has 0 bridgehead atoms. The van der Waals surface area contributed by atoms with Crippen molar-refractivity contribution in [3.05, 3.63) is 0 Å². The molecule has 0 saturated heterocycles. The minimum atomic E-state index is 0.627. The van der Waals surface area contributed by atoms with Gasteiger partial charge in [0.2, 0.25) is 0 Å². The van der Waals surface area contributed by atoms with Gasteiger partial charge in [0, 0.05) is 25.4 Å². The lowest BCUT2D eigenvalue weighted by Gasteiger charge is -2.00. The van der Waals surface area contributed by atoms with E-state index in [0.29, 0.717) is 17.7 Å². The zero-order valence-corrected chi connectivity index (χ0v) is 6.97. The van der Waals surface area contributed by atoms with Crippen LogP contribution in [-0.2, 0) is 17.5 Å². The maximum atomic E-state index is 5.24. The topological polar surface area (TPSA) is 47.3 Å². The molecule has 0 aromatic heterocycles. The summed E-state index contributed by atoms with van der Waals surface area (Å²) in [6.07, 6.45) is 1.24. The second kappa shape index (κ2) is 4.18. The second-order valence-corrected chi connectivity index (χ2v) is 3.34. The van der Waals surface area contributed by atoms with Gasteiger partial charge in [-0.1, -0.05) is 0 Å². The average Bonchev–Trinajstić information content (AvgIpc) is 2.60. The van der Waals surface area contributed by atoms with Crippen LogP contribution in [-0.4, -0.2) is 24.9 Å². The summed E-state index contributed by atoms with van der Waals surface area (Å²) in [6.45, 7) is 2.16. The lowest BCUT2D eigenvalue weighted by molar-refractivity contribution is 0.0361. The Kier molecular flexibility index (Phi) is 3.48. The Morgan fingerprint density at radius 3 is 2.90 bits per heavy atom. The molecular formula is C6H15N2OS+. The SMILES string of the molecule is NCCNOCC1CC1[SH2+]. The zero-order chi connectivity index (χ0) is 7.40. The quantitative estimate of drug-likeness (QED) is 0.306. The van der Waals surface area contributed by atoms with Gasteiger partial charge in [-0.05, 0) is 12.6 Å². The van der Waals surface area contributed by atoms with Crippen LogP contribution >= 0.6 is 0 Å². The fourth-order valence-electron chi connectivity index (χ4n) is 0.729. The van der Waals surface area contributed by atoms with Gasteiger partial charge in [-0.15, -0.1) is 0 Å². The van der Waals surface area contributed by atoms with E-state index >= 15 is 0 Å². The van der Waals surface area contributed by atoms with Crippen LogP contribution < -0.4 is 11.2 Å². The number of hydrogen-bond donors (Lipinski definition) is 2. The summed E-state index contributed by atoms with van der Waals surface area (Å²) in [5, 5.41) is 0.680. The van der Waals surface area contributed by atoms with Gasteiger partial charge < -0.3 is 10.6 Å². The van der Waals surface area contributed by atoms with Gasteiger partial charge in [0.25, 0.3) is 0 Å². The van der Waals surface area contributed by atoms with Crippen molar-refractivity contribution in [3.8, 4) is 0 Å². The molecule has 2 atom stereocenters. The van der Waals surface area contributed by atoms with Gasteiger partial charge in [0.1, 0.15) is 5.25 Å². The minimum absolute atomic E-state index is 0.627. The molecule has 10 heavy (non-hydrogen) atoms. The number of nitrogens with two attached hydrogens (primary N) is 1. The van der Waals surface area contributed by atoms with Crippen LogP contribution in [0.1, 0.15) is 6.42 Å². The fraction of sp³-hybridized carbons (Fsp3) is 1.00. The normalized spacial score (nSPS) is 30.6. The minimum Gasteiger partial charge on any atom is -0.329 e. The first-order valence-corrected chi connectivity index (χ1v) is 4.18. The van der Waals surface area contributed by atoms with E-state index in [1.54, 1.807) is 0 Å². The highest BCUT2D eigenvalue weighted by Crippen LogP contribution is 2.30. The summed E-state index contributed by atoms with van der Waals surface area (Å²) >= 11 is 3.53. The van der Waals surface area contributed by atoms with Crippen LogP contribution in [0.5, 0.6) is 0 Å². The Hall–Kier alpha value is 0.230. The highest BCUT2D eigenvalue weighted by atomic mass is 32.1. The van der Waals surface area contributed by atoms with Crippen molar-refractivity contribution in [3.63, 3.8) is 0 Å². The predicted molar refractivity (Wildman–Crippen MR) is 45.1 cm³/mol. The molecule has 1 aliphatic carbocycles. The molecule has 1 aliphatic rings. The third kappa shape index (κ3) is 2.88. The number of hydrogen-bond acceptors (Lipinski definition) is 3. The van der Waals surface area contributed by atoms with E-state index < -0.39 is 0 Å². The zero-order valence-electron chi connectivity index (χ0n) is 5.97. The monoisotopic (exact) mass is 163 g/mol. The summed E-state index contributed by atoms with van der Waals surface area (Å²) in [7, 11) is 0. The Labute approximate surface area is 66.7 Å². The molecule has 0 radical (unpaired) electrons. The second-order valence-electron chi connectivity index (χ2n) is 2.60. The Balaban J connectivity index is 1.78. The Morgan fingerprint density at radius 2 is 2.40 bits per heavy atom. The van der Waals surface area contributed by atoms with Gasteiger partial charge in [-0.2, -0.15) is 0 Å². The van der Waals surface area contributed by atoms with E-state index in [0.717, 1.165) is 13.2 Å². The van der Waals surface area contributed by atoms with Crippen molar-refractivity contribution in [1.82, 2.24) is 5.48 Å². The first-order valence-electron chi connectivity index (χ1n) is 3.60. The number of nitrogens with one attached hydrogen (secondary N) is 1. The molecule has 0 aromatic carbocycles. The van der Waals surface area contributed by atoms with Crippen LogP contribution in [0.15, 0.2) is 0 Å². The smallest absolute Gasteiger partial charge is 0.119 e. The number of hydroxylamine groups is 1. The van der Waals surface area contributed by atoms with E-state index in [4.69, 9.17) is 10.6 Å². The van der Waals surface area contributed by atoms with Crippen LogP contribution in [0.25, 0.3) is 0 Å². The van der Waals surface area contributed by atoms with Crippen LogP contribution in [0, 0.1) is 5.92 Å².